The number of aryl methyl sites for hydroxylation is 1. The van der Waals surface area contributed by atoms with Gasteiger partial charge in [0, 0.05) is 0 Å². The van der Waals surface area contributed by atoms with E-state index in [4.69, 9.17) is 0 Å². The van der Waals surface area contributed by atoms with Crippen molar-refractivity contribution < 1.29 is 13.2 Å². The van der Waals surface area contributed by atoms with E-state index in [1.54, 1.807) is 12.1 Å². The van der Waals surface area contributed by atoms with E-state index in [0.717, 1.165) is 35.0 Å². The summed E-state index contributed by atoms with van der Waals surface area (Å²) in [5, 5.41) is 7.66. The Balaban J connectivity index is 2.28. The van der Waals surface area contributed by atoms with Crippen molar-refractivity contribution in [3.05, 3.63) is 29.6 Å². The standard InChI is InChI=1S/C16H17F3N4S/c1-3-5-8-24-14-13-21-22-15(16(17,18)19)23(13)12-9-10(4-2)6-7-11(12)20-14/h6-7,9H,3-5,8H2,1-2H3. The monoisotopic (exact) mass is 354 g/mol. The molecule has 4 nitrogen and oxygen atoms in total. The van der Waals surface area contributed by atoms with Crippen LogP contribution in [-0.2, 0) is 12.6 Å². The van der Waals surface area contributed by atoms with Crippen molar-refractivity contribution in [2.24, 2.45) is 0 Å². The molecule has 0 aliphatic carbocycles. The summed E-state index contributed by atoms with van der Waals surface area (Å²) in [7, 11) is 0. The summed E-state index contributed by atoms with van der Waals surface area (Å²) in [6.07, 6.45) is -1.86. The molecule has 1 aromatic carbocycles. The number of nitrogens with zero attached hydrogens (tertiary/aromatic N) is 4. The molecular formula is C16H17F3N4S. The van der Waals surface area contributed by atoms with Gasteiger partial charge in [0.05, 0.1) is 11.0 Å². The normalized spacial score (nSPS) is 12.4. The maximum Gasteiger partial charge on any atom is 0.452 e. The summed E-state index contributed by atoms with van der Waals surface area (Å²) in [4.78, 5) is 4.52. The molecule has 0 saturated carbocycles. The number of aromatic nitrogens is 4. The third-order valence-corrected chi connectivity index (χ3v) is 4.80. The lowest BCUT2D eigenvalue weighted by Crippen LogP contribution is -2.12. The first-order valence-corrected chi connectivity index (χ1v) is 8.82. The Labute approximate surface area is 141 Å². The molecule has 0 spiro atoms. The molecule has 0 fully saturated rings. The van der Waals surface area contributed by atoms with Crippen molar-refractivity contribution in [1.82, 2.24) is 19.6 Å². The number of unbranched alkanes of at least 4 members (excludes halogenated alkanes) is 1. The van der Waals surface area contributed by atoms with E-state index in [-0.39, 0.29) is 5.65 Å². The lowest BCUT2D eigenvalue weighted by Gasteiger charge is -2.10. The molecule has 8 heteroatoms. The van der Waals surface area contributed by atoms with Crippen molar-refractivity contribution in [3.8, 4) is 0 Å². The molecule has 2 heterocycles. The van der Waals surface area contributed by atoms with Gasteiger partial charge in [0.1, 0.15) is 5.03 Å². The van der Waals surface area contributed by atoms with E-state index in [1.807, 2.05) is 13.0 Å². The minimum atomic E-state index is -4.57. The number of alkyl halides is 3. The molecular weight excluding hydrogens is 337 g/mol. The van der Waals surface area contributed by atoms with Crippen LogP contribution in [0.5, 0.6) is 0 Å². The third kappa shape index (κ3) is 3.07. The zero-order valence-electron chi connectivity index (χ0n) is 13.4. The SMILES string of the molecule is CCCCSc1nc2ccc(CC)cc2n2c(C(F)(F)F)nnc12. The van der Waals surface area contributed by atoms with Crippen molar-refractivity contribution in [2.75, 3.05) is 5.75 Å². The first-order valence-electron chi connectivity index (χ1n) is 7.83. The Morgan fingerprint density at radius 3 is 2.62 bits per heavy atom. The average Bonchev–Trinajstić information content (AvgIpc) is 3.00. The Hall–Kier alpha value is -1.83. The van der Waals surface area contributed by atoms with Crippen LogP contribution in [0.4, 0.5) is 13.2 Å². The van der Waals surface area contributed by atoms with Crippen molar-refractivity contribution in [2.45, 2.75) is 44.3 Å². The molecule has 0 radical (unpaired) electrons. The van der Waals surface area contributed by atoms with E-state index < -0.39 is 12.0 Å². The van der Waals surface area contributed by atoms with E-state index in [1.165, 1.54) is 11.8 Å². The van der Waals surface area contributed by atoms with Crippen LogP contribution < -0.4 is 0 Å². The second-order valence-electron chi connectivity index (χ2n) is 5.48. The molecule has 3 rings (SSSR count). The zero-order valence-corrected chi connectivity index (χ0v) is 14.2. The smallest absolute Gasteiger partial charge is 0.267 e. The molecule has 0 bridgehead atoms. The predicted molar refractivity (Wildman–Crippen MR) is 88.3 cm³/mol. The summed E-state index contributed by atoms with van der Waals surface area (Å²) in [5.41, 5.74) is 2.02. The maximum atomic E-state index is 13.3. The fraction of sp³-hybridized carbons (Fsp3) is 0.438. The highest BCUT2D eigenvalue weighted by Crippen LogP contribution is 2.33. The van der Waals surface area contributed by atoms with Gasteiger partial charge in [-0.3, -0.25) is 4.40 Å². The van der Waals surface area contributed by atoms with E-state index in [0.29, 0.717) is 16.1 Å². The van der Waals surface area contributed by atoms with Crippen molar-refractivity contribution in [3.63, 3.8) is 0 Å². The van der Waals surface area contributed by atoms with Gasteiger partial charge >= 0.3 is 6.18 Å². The minimum absolute atomic E-state index is 0.171. The summed E-state index contributed by atoms with van der Waals surface area (Å²) >= 11 is 1.42. The van der Waals surface area contributed by atoms with Crippen LogP contribution in [0.3, 0.4) is 0 Å². The largest absolute Gasteiger partial charge is 0.452 e. The fourth-order valence-electron chi connectivity index (χ4n) is 2.47. The van der Waals surface area contributed by atoms with Gasteiger partial charge in [-0.25, -0.2) is 4.98 Å². The molecule has 0 aliphatic heterocycles. The second-order valence-corrected chi connectivity index (χ2v) is 6.56. The van der Waals surface area contributed by atoms with Crippen molar-refractivity contribution in [1.29, 1.82) is 0 Å². The quantitative estimate of drug-likeness (QED) is 0.490. The average molecular weight is 354 g/mol. The molecule has 0 amide bonds. The van der Waals surface area contributed by atoms with Gasteiger partial charge in [0.15, 0.2) is 5.65 Å². The number of hydrogen-bond donors (Lipinski definition) is 0. The van der Waals surface area contributed by atoms with Crippen LogP contribution in [0, 0.1) is 0 Å². The summed E-state index contributed by atoms with van der Waals surface area (Å²) in [6.45, 7) is 4.02. The van der Waals surface area contributed by atoms with Crippen LogP contribution in [0.25, 0.3) is 16.7 Å². The summed E-state index contributed by atoms with van der Waals surface area (Å²) in [5.74, 6) is -0.221. The van der Waals surface area contributed by atoms with Gasteiger partial charge < -0.3 is 0 Å². The second kappa shape index (κ2) is 6.58. The minimum Gasteiger partial charge on any atom is -0.267 e. The van der Waals surface area contributed by atoms with E-state index in [9.17, 15) is 13.2 Å². The van der Waals surface area contributed by atoms with Gasteiger partial charge in [-0.1, -0.05) is 26.3 Å². The molecule has 0 atom stereocenters. The number of benzene rings is 1. The topological polar surface area (TPSA) is 43.1 Å². The Bertz CT molecular complexity index is 873. The number of fused-ring (bicyclic) bond motifs is 3. The molecule has 0 unspecified atom stereocenters. The molecule has 3 aromatic rings. The van der Waals surface area contributed by atoms with Gasteiger partial charge in [0.25, 0.3) is 0 Å². The third-order valence-electron chi connectivity index (χ3n) is 3.76. The molecule has 24 heavy (non-hydrogen) atoms. The lowest BCUT2D eigenvalue weighted by molar-refractivity contribution is -0.145. The summed E-state index contributed by atoms with van der Waals surface area (Å²) in [6, 6.07) is 5.38. The highest BCUT2D eigenvalue weighted by atomic mass is 32.2. The zero-order chi connectivity index (χ0) is 17.3. The van der Waals surface area contributed by atoms with E-state index >= 15 is 0 Å². The van der Waals surface area contributed by atoms with Crippen LogP contribution in [0.15, 0.2) is 23.2 Å². The predicted octanol–water partition coefficient (Wildman–Crippen LogP) is 4.75. The lowest BCUT2D eigenvalue weighted by atomic mass is 10.1. The maximum absolute atomic E-state index is 13.3. The molecule has 0 N–H and O–H groups in total. The van der Waals surface area contributed by atoms with Crippen LogP contribution in [0.2, 0.25) is 0 Å². The number of rotatable bonds is 5. The summed E-state index contributed by atoms with van der Waals surface area (Å²) < 4.78 is 41.1. The Kier molecular flexibility index (Phi) is 4.67. The first-order chi connectivity index (χ1) is 11.5. The number of halogens is 3. The first kappa shape index (κ1) is 17.0. The molecule has 0 aliphatic rings. The van der Waals surface area contributed by atoms with Crippen molar-refractivity contribution >= 4 is 28.4 Å². The van der Waals surface area contributed by atoms with Crippen LogP contribution in [0.1, 0.15) is 38.1 Å². The van der Waals surface area contributed by atoms with E-state index in [2.05, 4.69) is 22.1 Å². The molecule has 0 saturated heterocycles. The highest BCUT2D eigenvalue weighted by Gasteiger charge is 2.38. The van der Waals surface area contributed by atoms with Crippen LogP contribution >= 0.6 is 11.8 Å². The molecule has 2 aromatic heterocycles. The highest BCUT2D eigenvalue weighted by molar-refractivity contribution is 7.99. The number of hydrogen-bond acceptors (Lipinski definition) is 4. The van der Waals surface area contributed by atoms with Gasteiger partial charge in [-0.15, -0.1) is 22.0 Å². The van der Waals surface area contributed by atoms with Gasteiger partial charge in [-0.05, 0) is 36.3 Å². The van der Waals surface area contributed by atoms with Gasteiger partial charge in [-0.2, -0.15) is 13.2 Å². The van der Waals surface area contributed by atoms with Gasteiger partial charge in [0.2, 0.25) is 5.82 Å². The number of thioether (sulfide) groups is 1. The Morgan fingerprint density at radius 2 is 1.96 bits per heavy atom. The fourth-order valence-corrected chi connectivity index (χ4v) is 3.52. The Morgan fingerprint density at radius 1 is 1.17 bits per heavy atom. The van der Waals surface area contributed by atoms with Crippen LogP contribution in [-0.4, -0.2) is 25.3 Å². The molecule has 128 valence electrons.